The van der Waals surface area contributed by atoms with Gasteiger partial charge in [-0.25, -0.2) is 17.8 Å². The summed E-state index contributed by atoms with van der Waals surface area (Å²) in [6.07, 6.45) is 3.20. The number of hydrazine groups is 1. The van der Waals surface area contributed by atoms with E-state index >= 15 is 0 Å². The van der Waals surface area contributed by atoms with Crippen molar-refractivity contribution in [2.75, 3.05) is 17.8 Å². The molecule has 1 aliphatic rings. The maximum absolute atomic E-state index is 13.0. The van der Waals surface area contributed by atoms with Crippen LogP contribution in [0, 0.1) is 5.82 Å². The van der Waals surface area contributed by atoms with Crippen LogP contribution < -0.4 is 10.1 Å². The van der Waals surface area contributed by atoms with Crippen molar-refractivity contribution in [3.63, 3.8) is 0 Å². The molecular weight excluding hydrogens is 357 g/mol. The van der Waals surface area contributed by atoms with Gasteiger partial charge in [-0.2, -0.15) is 0 Å². The van der Waals surface area contributed by atoms with Crippen LogP contribution in [0.15, 0.2) is 53.4 Å². The van der Waals surface area contributed by atoms with Gasteiger partial charge >= 0.3 is 0 Å². The number of nitrogens with zero attached hydrogens (tertiary/aromatic N) is 1. The molecule has 26 heavy (non-hydrogen) atoms. The van der Waals surface area contributed by atoms with Gasteiger partial charge in [0, 0.05) is 24.3 Å². The Hall–Kier alpha value is -2.45. The Kier molecular flexibility index (Phi) is 5.53. The number of benzene rings is 2. The molecule has 2 aromatic carbocycles. The molecule has 2 aromatic rings. The number of hydrogen-bond acceptors (Lipinski definition) is 4. The third-order valence-corrected chi connectivity index (χ3v) is 5.50. The number of piperidine rings is 1. The lowest BCUT2D eigenvalue weighted by molar-refractivity contribution is 0.0750. The molecule has 1 amide bonds. The normalized spacial score (nSPS) is 15.4. The minimum atomic E-state index is -3.88. The molecular formula is C18H20FN3O3S. The summed E-state index contributed by atoms with van der Waals surface area (Å²) in [7, 11) is -3.88. The SMILES string of the molecule is O=C(NN1CCCCC1)c1cccc(S(=O)(=O)Nc2ccc(F)cc2)c1. The minimum Gasteiger partial charge on any atom is -0.285 e. The average Bonchev–Trinajstić information content (AvgIpc) is 2.64. The van der Waals surface area contributed by atoms with E-state index in [4.69, 9.17) is 0 Å². The van der Waals surface area contributed by atoms with Crippen LogP contribution in [0.2, 0.25) is 0 Å². The van der Waals surface area contributed by atoms with E-state index in [1.54, 1.807) is 6.07 Å². The van der Waals surface area contributed by atoms with Crippen molar-refractivity contribution in [3.05, 3.63) is 59.9 Å². The van der Waals surface area contributed by atoms with Crippen LogP contribution in [-0.2, 0) is 10.0 Å². The van der Waals surface area contributed by atoms with Gasteiger partial charge < -0.3 is 0 Å². The highest BCUT2D eigenvalue weighted by Crippen LogP contribution is 2.18. The predicted octanol–water partition coefficient (Wildman–Crippen LogP) is 2.76. The van der Waals surface area contributed by atoms with Crippen molar-refractivity contribution in [3.8, 4) is 0 Å². The van der Waals surface area contributed by atoms with Crippen molar-refractivity contribution >= 4 is 21.6 Å². The third-order valence-electron chi connectivity index (χ3n) is 4.12. The molecule has 1 fully saturated rings. The van der Waals surface area contributed by atoms with Crippen molar-refractivity contribution in [1.29, 1.82) is 0 Å². The molecule has 8 heteroatoms. The van der Waals surface area contributed by atoms with Crippen LogP contribution in [0.25, 0.3) is 0 Å². The van der Waals surface area contributed by atoms with Gasteiger partial charge in [-0.05, 0) is 55.3 Å². The van der Waals surface area contributed by atoms with Crippen LogP contribution in [-0.4, -0.2) is 32.4 Å². The largest absolute Gasteiger partial charge is 0.285 e. The number of hydrogen-bond donors (Lipinski definition) is 2. The molecule has 0 atom stereocenters. The van der Waals surface area contributed by atoms with E-state index in [9.17, 15) is 17.6 Å². The minimum absolute atomic E-state index is 0.0341. The Labute approximate surface area is 152 Å². The van der Waals surface area contributed by atoms with Gasteiger partial charge in [-0.3, -0.25) is 14.9 Å². The van der Waals surface area contributed by atoms with Gasteiger partial charge in [0.05, 0.1) is 4.90 Å². The molecule has 1 heterocycles. The van der Waals surface area contributed by atoms with Gasteiger partial charge in [0.25, 0.3) is 15.9 Å². The van der Waals surface area contributed by atoms with Crippen molar-refractivity contribution < 1.29 is 17.6 Å². The van der Waals surface area contributed by atoms with Crippen molar-refractivity contribution in [1.82, 2.24) is 10.4 Å². The van der Waals surface area contributed by atoms with Crippen LogP contribution >= 0.6 is 0 Å². The molecule has 1 saturated heterocycles. The fraction of sp³-hybridized carbons (Fsp3) is 0.278. The molecule has 3 rings (SSSR count). The van der Waals surface area contributed by atoms with E-state index < -0.39 is 15.8 Å². The van der Waals surface area contributed by atoms with Gasteiger partial charge in [-0.1, -0.05) is 12.5 Å². The summed E-state index contributed by atoms with van der Waals surface area (Å²) >= 11 is 0. The molecule has 0 unspecified atom stereocenters. The maximum Gasteiger partial charge on any atom is 0.265 e. The lowest BCUT2D eigenvalue weighted by Crippen LogP contribution is -2.45. The number of carbonyl (C=O) groups is 1. The number of carbonyl (C=O) groups excluding carboxylic acids is 1. The van der Waals surface area contributed by atoms with Crippen LogP contribution in [0.5, 0.6) is 0 Å². The summed E-state index contributed by atoms with van der Waals surface area (Å²) in [5.74, 6) is -0.796. The third kappa shape index (κ3) is 4.59. The Morgan fingerprint density at radius 1 is 1.00 bits per heavy atom. The summed E-state index contributed by atoms with van der Waals surface area (Å²) in [5.41, 5.74) is 3.31. The Bertz CT molecular complexity index is 879. The number of nitrogens with one attached hydrogen (secondary N) is 2. The number of anilines is 1. The van der Waals surface area contributed by atoms with E-state index in [2.05, 4.69) is 10.1 Å². The standard InChI is InChI=1S/C18H20FN3O3S/c19-15-7-9-16(10-8-15)21-26(24,25)17-6-4-5-14(13-17)18(23)20-22-11-2-1-3-12-22/h4-10,13,21H,1-3,11-12H2,(H,20,23). The molecule has 2 N–H and O–H groups in total. The maximum atomic E-state index is 13.0. The summed E-state index contributed by atoms with van der Waals surface area (Å²) in [6, 6.07) is 10.8. The molecule has 0 spiro atoms. The number of halogens is 1. The molecule has 0 saturated carbocycles. The topological polar surface area (TPSA) is 78.5 Å². The summed E-state index contributed by atoms with van der Waals surface area (Å²) in [6.45, 7) is 1.58. The summed E-state index contributed by atoms with van der Waals surface area (Å²) in [5, 5.41) is 1.85. The van der Waals surface area contributed by atoms with E-state index in [-0.39, 0.29) is 22.1 Å². The van der Waals surface area contributed by atoms with E-state index in [1.807, 2.05) is 5.01 Å². The zero-order chi connectivity index (χ0) is 18.6. The van der Waals surface area contributed by atoms with Crippen molar-refractivity contribution in [2.45, 2.75) is 24.2 Å². The Balaban J connectivity index is 1.74. The molecule has 0 aromatic heterocycles. The van der Waals surface area contributed by atoms with Gasteiger partial charge in [-0.15, -0.1) is 0 Å². The highest BCUT2D eigenvalue weighted by Gasteiger charge is 2.18. The molecule has 1 aliphatic heterocycles. The number of rotatable bonds is 5. The summed E-state index contributed by atoms with van der Waals surface area (Å²) < 4.78 is 40.3. The zero-order valence-electron chi connectivity index (χ0n) is 14.1. The first-order valence-corrected chi connectivity index (χ1v) is 9.87. The molecule has 6 nitrogen and oxygen atoms in total. The van der Waals surface area contributed by atoms with Crippen LogP contribution in [0.1, 0.15) is 29.6 Å². The fourth-order valence-electron chi connectivity index (χ4n) is 2.75. The highest BCUT2D eigenvalue weighted by molar-refractivity contribution is 7.92. The van der Waals surface area contributed by atoms with Gasteiger partial charge in [0.15, 0.2) is 0 Å². The first-order chi connectivity index (χ1) is 12.4. The van der Waals surface area contributed by atoms with Gasteiger partial charge in [0.2, 0.25) is 0 Å². The lowest BCUT2D eigenvalue weighted by Gasteiger charge is -2.26. The molecule has 0 radical (unpaired) electrons. The zero-order valence-corrected chi connectivity index (χ0v) is 14.9. The smallest absolute Gasteiger partial charge is 0.265 e. The Morgan fingerprint density at radius 2 is 1.69 bits per heavy atom. The monoisotopic (exact) mass is 377 g/mol. The van der Waals surface area contributed by atoms with Gasteiger partial charge in [0.1, 0.15) is 5.82 Å². The second-order valence-electron chi connectivity index (χ2n) is 6.13. The van der Waals surface area contributed by atoms with Crippen molar-refractivity contribution in [2.24, 2.45) is 0 Å². The van der Waals surface area contributed by atoms with Crippen LogP contribution in [0.3, 0.4) is 0 Å². The predicted molar refractivity (Wildman–Crippen MR) is 96.5 cm³/mol. The quantitative estimate of drug-likeness (QED) is 0.840. The van der Waals surface area contributed by atoms with E-state index in [0.29, 0.717) is 0 Å². The van der Waals surface area contributed by atoms with Crippen LogP contribution in [0.4, 0.5) is 10.1 Å². The average molecular weight is 377 g/mol. The summed E-state index contributed by atoms with van der Waals surface area (Å²) in [4.78, 5) is 12.3. The first-order valence-electron chi connectivity index (χ1n) is 8.38. The number of amides is 1. The van der Waals surface area contributed by atoms with E-state index in [1.165, 1.54) is 42.5 Å². The molecule has 138 valence electrons. The second kappa shape index (κ2) is 7.84. The molecule has 0 aliphatic carbocycles. The highest BCUT2D eigenvalue weighted by atomic mass is 32.2. The Morgan fingerprint density at radius 3 is 2.38 bits per heavy atom. The number of sulfonamides is 1. The molecule has 0 bridgehead atoms. The fourth-order valence-corrected chi connectivity index (χ4v) is 3.85. The first kappa shape index (κ1) is 18.3. The lowest BCUT2D eigenvalue weighted by atomic mass is 10.1. The second-order valence-corrected chi connectivity index (χ2v) is 7.81. The van der Waals surface area contributed by atoms with E-state index in [0.717, 1.165) is 32.4 Å².